The smallest absolute Gasteiger partial charge is 0.335 e. The van der Waals surface area contributed by atoms with Crippen LogP contribution in [0.4, 0.5) is 10.5 Å². The number of ether oxygens (including phenoxy) is 1. The third-order valence-electron chi connectivity index (χ3n) is 3.89. The average molecular weight is 371 g/mol. The molecule has 0 atom stereocenters. The maximum Gasteiger partial charge on any atom is 0.335 e. The number of carbonyl (C=O) groups is 3. The number of aryl methyl sites for hydroxylation is 1. The third-order valence-corrected chi connectivity index (χ3v) is 4.12. The Balaban J connectivity index is 2.06. The van der Waals surface area contributed by atoms with Crippen molar-refractivity contribution in [2.45, 2.75) is 6.92 Å². The SMILES string of the molecule is COc1ccc(Cl)cc1/C=C1/C(=O)NC(=O)N(c2ccc(C)cc2)C1=O. The average Bonchev–Trinajstić information content (AvgIpc) is 2.60. The molecule has 0 unspecified atom stereocenters. The number of nitrogens with zero attached hydrogens (tertiary/aromatic N) is 1. The van der Waals surface area contributed by atoms with Gasteiger partial charge in [0.05, 0.1) is 12.8 Å². The van der Waals surface area contributed by atoms with Crippen LogP contribution >= 0.6 is 11.6 Å². The summed E-state index contributed by atoms with van der Waals surface area (Å²) in [5.74, 6) is -1.05. The van der Waals surface area contributed by atoms with Crippen molar-refractivity contribution >= 4 is 41.2 Å². The first kappa shape index (κ1) is 17.7. The molecule has 1 heterocycles. The number of carbonyl (C=O) groups excluding carboxylic acids is 3. The molecule has 1 aliphatic rings. The van der Waals surface area contributed by atoms with E-state index >= 15 is 0 Å². The number of halogens is 1. The number of amides is 4. The molecule has 1 saturated heterocycles. The van der Waals surface area contributed by atoms with E-state index in [0.29, 0.717) is 22.0 Å². The predicted octanol–water partition coefficient (Wildman–Crippen LogP) is 3.32. The van der Waals surface area contributed by atoms with E-state index in [2.05, 4.69) is 5.32 Å². The second kappa shape index (κ2) is 7.01. The molecule has 0 aliphatic carbocycles. The topological polar surface area (TPSA) is 75.7 Å². The summed E-state index contributed by atoms with van der Waals surface area (Å²) in [6.45, 7) is 1.89. The van der Waals surface area contributed by atoms with Gasteiger partial charge in [-0.3, -0.25) is 14.9 Å². The molecule has 0 saturated carbocycles. The van der Waals surface area contributed by atoms with Gasteiger partial charge in [-0.2, -0.15) is 0 Å². The highest BCUT2D eigenvalue weighted by Crippen LogP contribution is 2.27. The molecular weight excluding hydrogens is 356 g/mol. The standard InChI is InChI=1S/C19H15ClN2O4/c1-11-3-6-14(7-4-11)22-18(24)15(17(23)21-19(22)25)10-12-9-13(20)5-8-16(12)26-2/h3-10H,1-2H3,(H,21,23,25)/b15-10-. The molecule has 7 heteroatoms. The minimum atomic E-state index is -0.793. The van der Waals surface area contributed by atoms with Crippen molar-refractivity contribution in [3.63, 3.8) is 0 Å². The van der Waals surface area contributed by atoms with Gasteiger partial charge < -0.3 is 4.74 Å². The van der Waals surface area contributed by atoms with Crippen LogP contribution in [0.25, 0.3) is 6.08 Å². The number of rotatable bonds is 3. The first-order chi connectivity index (χ1) is 12.4. The fourth-order valence-electron chi connectivity index (χ4n) is 2.56. The predicted molar refractivity (Wildman–Crippen MR) is 98.2 cm³/mol. The maximum absolute atomic E-state index is 12.8. The Bertz CT molecular complexity index is 935. The van der Waals surface area contributed by atoms with Crippen LogP contribution in [0.3, 0.4) is 0 Å². The molecule has 3 rings (SSSR count). The van der Waals surface area contributed by atoms with Gasteiger partial charge in [0.2, 0.25) is 0 Å². The van der Waals surface area contributed by atoms with Crippen LogP contribution in [0.15, 0.2) is 48.0 Å². The number of hydrogen-bond donors (Lipinski definition) is 1. The number of urea groups is 1. The molecule has 1 fully saturated rings. The summed E-state index contributed by atoms with van der Waals surface area (Å²) in [5.41, 5.74) is 1.62. The maximum atomic E-state index is 12.8. The Morgan fingerprint density at radius 3 is 2.42 bits per heavy atom. The van der Waals surface area contributed by atoms with Gasteiger partial charge in [0.25, 0.3) is 11.8 Å². The molecule has 0 radical (unpaired) electrons. The minimum Gasteiger partial charge on any atom is -0.496 e. The number of hydrogen-bond acceptors (Lipinski definition) is 4. The lowest BCUT2D eigenvalue weighted by molar-refractivity contribution is -0.122. The van der Waals surface area contributed by atoms with Crippen molar-refractivity contribution in [3.05, 3.63) is 64.2 Å². The number of barbiturate groups is 1. The zero-order chi connectivity index (χ0) is 18.8. The largest absolute Gasteiger partial charge is 0.496 e. The van der Waals surface area contributed by atoms with Gasteiger partial charge in [-0.15, -0.1) is 0 Å². The highest BCUT2D eigenvalue weighted by atomic mass is 35.5. The van der Waals surface area contributed by atoms with Gasteiger partial charge in [-0.25, -0.2) is 9.69 Å². The Labute approximate surface area is 155 Å². The van der Waals surface area contributed by atoms with E-state index in [0.717, 1.165) is 10.5 Å². The van der Waals surface area contributed by atoms with E-state index in [-0.39, 0.29) is 5.57 Å². The van der Waals surface area contributed by atoms with Crippen molar-refractivity contribution < 1.29 is 19.1 Å². The van der Waals surface area contributed by atoms with Crippen molar-refractivity contribution in [1.29, 1.82) is 0 Å². The van der Waals surface area contributed by atoms with Crippen LogP contribution < -0.4 is 15.0 Å². The zero-order valence-corrected chi connectivity index (χ0v) is 14.8. The van der Waals surface area contributed by atoms with Crippen LogP contribution in [0.1, 0.15) is 11.1 Å². The van der Waals surface area contributed by atoms with E-state index in [4.69, 9.17) is 16.3 Å². The van der Waals surface area contributed by atoms with E-state index in [9.17, 15) is 14.4 Å². The number of anilines is 1. The van der Waals surface area contributed by atoms with Crippen molar-refractivity contribution in [1.82, 2.24) is 5.32 Å². The van der Waals surface area contributed by atoms with Crippen LogP contribution in [0, 0.1) is 6.92 Å². The summed E-state index contributed by atoms with van der Waals surface area (Å²) in [4.78, 5) is 38.1. The molecular formula is C19H15ClN2O4. The van der Waals surface area contributed by atoms with Crippen molar-refractivity contribution in [2.75, 3.05) is 12.0 Å². The Hall–Kier alpha value is -3.12. The number of imide groups is 2. The number of methoxy groups -OCH3 is 1. The summed E-state index contributed by atoms with van der Waals surface area (Å²) in [5, 5.41) is 2.60. The molecule has 6 nitrogen and oxygen atoms in total. The molecule has 2 aromatic carbocycles. The van der Waals surface area contributed by atoms with E-state index in [1.807, 2.05) is 6.92 Å². The van der Waals surface area contributed by atoms with Crippen LogP contribution in [0.2, 0.25) is 5.02 Å². The molecule has 0 bridgehead atoms. The van der Waals surface area contributed by atoms with Gasteiger partial charge in [0, 0.05) is 10.6 Å². The van der Waals surface area contributed by atoms with Gasteiger partial charge in [-0.05, 0) is 43.3 Å². The highest BCUT2D eigenvalue weighted by Gasteiger charge is 2.36. The zero-order valence-electron chi connectivity index (χ0n) is 14.1. The second-order valence-electron chi connectivity index (χ2n) is 5.68. The lowest BCUT2D eigenvalue weighted by Crippen LogP contribution is -2.54. The van der Waals surface area contributed by atoms with Gasteiger partial charge in [0.15, 0.2) is 0 Å². The molecule has 0 spiro atoms. The second-order valence-corrected chi connectivity index (χ2v) is 6.12. The quantitative estimate of drug-likeness (QED) is 0.664. The Morgan fingerprint density at radius 2 is 1.77 bits per heavy atom. The van der Waals surface area contributed by atoms with E-state index in [1.165, 1.54) is 13.2 Å². The molecule has 0 aromatic heterocycles. The monoisotopic (exact) mass is 370 g/mol. The lowest BCUT2D eigenvalue weighted by atomic mass is 10.1. The molecule has 1 N–H and O–H groups in total. The lowest BCUT2D eigenvalue weighted by Gasteiger charge is -2.26. The minimum absolute atomic E-state index is 0.189. The summed E-state index contributed by atoms with van der Waals surface area (Å²) in [6, 6.07) is 10.9. The molecule has 1 aliphatic heterocycles. The summed E-state index contributed by atoms with van der Waals surface area (Å²) in [6.07, 6.45) is 1.36. The van der Waals surface area contributed by atoms with E-state index < -0.39 is 17.8 Å². The van der Waals surface area contributed by atoms with Gasteiger partial charge in [0.1, 0.15) is 11.3 Å². The first-order valence-electron chi connectivity index (χ1n) is 7.72. The van der Waals surface area contributed by atoms with Crippen molar-refractivity contribution in [2.24, 2.45) is 0 Å². The fraction of sp³-hybridized carbons (Fsp3) is 0.105. The summed E-state index contributed by atoms with van der Waals surface area (Å²) < 4.78 is 5.23. The fourth-order valence-corrected chi connectivity index (χ4v) is 2.74. The van der Waals surface area contributed by atoms with E-state index in [1.54, 1.807) is 42.5 Å². The normalized spacial score (nSPS) is 16.0. The molecule has 132 valence electrons. The Kier molecular flexibility index (Phi) is 4.77. The van der Waals surface area contributed by atoms with Crippen molar-refractivity contribution in [3.8, 4) is 5.75 Å². The molecule has 2 aromatic rings. The number of benzene rings is 2. The van der Waals surface area contributed by atoms with Crippen LogP contribution in [-0.2, 0) is 9.59 Å². The Morgan fingerprint density at radius 1 is 1.08 bits per heavy atom. The van der Waals surface area contributed by atoms with Gasteiger partial charge >= 0.3 is 6.03 Å². The third kappa shape index (κ3) is 3.32. The summed E-state index contributed by atoms with van der Waals surface area (Å²) >= 11 is 5.99. The highest BCUT2D eigenvalue weighted by molar-refractivity contribution is 6.39. The van der Waals surface area contributed by atoms with Gasteiger partial charge in [-0.1, -0.05) is 29.3 Å². The molecule has 26 heavy (non-hydrogen) atoms. The van der Waals surface area contributed by atoms with Crippen LogP contribution in [0.5, 0.6) is 5.75 Å². The molecule has 4 amide bonds. The van der Waals surface area contributed by atoms with Crippen LogP contribution in [-0.4, -0.2) is 25.0 Å². The summed E-state index contributed by atoms with van der Waals surface area (Å²) in [7, 11) is 1.47. The number of nitrogens with one attached hydrogen (secondary N) is 1. The first-order valence-corrected chi connectivity index (χ1v) is 8.10.